The van der Waals surface area contributed by atoms with Crippen LogP contribution in [0.4, 0.5) is 0 Å². The van der Waals surface area contributed by atoms with Crippen LogP contribution in [0.3, 0.4) is 0 Å². The van der Waals surface area contributed by atoms with Gasteiger partial charge in [-0.3, -0.25) is 4.79 Å². The molecular weight excluding hydrogens is 404 g/mol. The van der Waals surface area contributed by atoms with E-state index in [1.807, 2.05) is 48.6 Å². The quantitative estimate of drug-likeness (QED) is 0.382. The number of rotatable bonds is 0. The fourth-order valence-electron chi connectivity index (χ4n) is 4.63. The Morgan fingerprint density at radius 2 is 1.35 bits per heavy atom. The fraction of sp³-hybridized carbons (Fsp3) is 0.0800. The summed E-state index contributed by atoms with van der Waals surface area (Å²) in [5.74, 6) is -0.234. The third kappa shape index (κ3) is 2.68. The van der Waals surface area contributed by atoms with E-state index in [0.29, 0.717) is 0 Å². The molecule has 3 aromatic heterocycles. The van der Waals surface area contributed by atoms with Crippen molar-refractivity contribution in [1.82, 2.24) is 19.9 Å². The molecule has 0 saturated heterocycles. The van der Waals surface area contributed by atoms with Crippen LogP contribution in [0.15, 0.2) is 60.7 Å². The van der Waals surface area contributed by atoms with Crippen molar-refractivity contribution in [2.75, 3.05) is 0 Å². The van der Waals surface area contributed by atoms with Crippen LogP contribution < -0.4 is 0 Å². The molecule has 2 unspecified atom stereocenters. The molecular formula is C25H16N4OS. The van der Waals surface area contributed by atoms with E-state index in [2.05, 4.69) is 34.2 Å². The Bertz CT molecular complexity index is 1550. The Kier molecular flexibility index (Phi) is 3.41. The van der Waals surface area contributed by atoms with E-state index in [1.54, 1.807) is 0 Å². The van der Waals surface area contributed by atoms with Crippen LogP contribution in [0.2, 0.25) is 0 Å². The standard InChI is InChI=1S/C25H16N4OS/c30-25-19-7-8-22(31-25)24-21-12-18-6-4-16(28-18)10-14-2-1-13(26-14)9-15-3-5-17(27-15)11-20(29-21)23(19)24/h1-12,19,22,26-27H. The van der Waals surface area contributed by atoms with Gasteiger partial charge in [0.25, 0.3) is 0 Å². The van der Waals surface area contributed by atoms with Crippen molar-refractivity contribution in [2.24, 2.45) is 5.92 Å². The zero-order valence-corrected chi connectivity index (χ0v) is 17.1. The van der Waals surface area contributed by atoms with Crippen LogP contribution in [-0.2, 0) is 4.79 Å². The zero-order valence-electron chi connectivity index (χ0n) is 16.3. The number of hydrogen-bond donors (Lipinski definition) is 2. The normalized spacial score (nSPS) is 21.1. The Morgan fingerprint density at radius 1 is 0.710 bits per heavy atom. The van der Waals surface area contributed by atoms with Crippen LogP contribution in [0.25, 0.3) is 45.4 Å². The Balaban J connectivity index is 1.57. The molecule has 1 aliphatic carbocycles. The molecule has 0 fully saturated rings. The van der Waals surface area contributed by atoms with E-state index < -0.39 is 0 Å². The van der Waals surface area contributed by atoms with E-state index in [0.717, 1.165) is 56.0 Å². The molecule has 148 valence electrons. The molecule has 5 aliphatic rings. The number of H-pyrrole nitrogens is 2. The average Bonchev–Trinajstić information content (AvgIpc) is 3.53. The number of nitrogens with zero attached hydrogens (tertiary/aromatic N) is 2. The Hall–Kier alpha value is -3.64. The molecule has 0 amide bonds. The summed E-state index contributed by atoms with van der Waals surface area (Å²) in [6.45, 7) is 0. The van der Waals surface area contributed by atoms with Gasteiger partial charge in [-0.05, 0) is 66.3 Å². The number of aromatic amines is 2. The maximum absolute atomic E-state index is 12.6. The summed E-state index contributed by atoms with van der Waals surface area (Å²) in [5, 5.41) is 0.215. The smallest absolute Gasteiger partial charge is 0.201 e. The summed E-state index contributed by atoms with van der Waals surface area (Å²) in [6.07, 6.45) is 8.18. The molecule has 0 aromatic carbocycles. The molecule has 2 atom stereocenters. The first-order valence-corrected chi connectivity index (χ1v) is 11.1. The molecule has 31 heavy (non-hydrogen) atoms. The number of hydrogen-bond acceptors (Lipinski definition) is 4. The predicted octanol–water partition coefficient (Wildman–Crippen LogP) is 5.22. The van der Waals surface area contributed by atoms with Crippen LogP contribution in [0, 0.1) is 5.92 Å². The monoisotopic (exact) mass is 420 g/mol. The van der Waals surface area contributed by atoms with Crippen LogP contribution in [0.5, 0.6) is 0 Å². The molecule has 8 rings (SSSR count). The third-order valence-corrected chi connectivity index (χ3v) is 7.12. The second-order valence-electron chi connectivity index (χ2n) is 8.04. The molecule has 7 heterocycles. The summed E-state index contributed by atoms with van der Waals surface area (Å²) in [6, 6.07) is 16.4. The number of carbonyl (C=O) groups excluding carboxylic acids is 1. The number of thioether (sulfide) groups is 1. The first-order valence-electron chi connectivity index (χ1n) is 10.2. The van der Waals surface area contributed by atoms with Gasteiger partial charge in [-0.15, -0.1) is 0 Å². The first kappa shape index (κ1) is 17.1. The van der Waals surface area contributed by atoms with Gasteiger partial charge >= 0.3 is 0 Å². The average molecular weight is 420 g/mol. The van der Waals surface area contributed by atoms with Crippen molar-refractivity contribution in [2.45, 2.75) is 5.25 Å². The van der Waals surface area contributed by atoms with Crippen molar-refractivity contribution in [1.29, 1.82) is 0 Å². The number of nitrogens with one attached hydrogen (secondary N) is 2. The maximum Gasteiger partial charge on any atom is 0.201 e. The highest BCUT2D eigenvalue weighted by molar-refractivity contribution is 8.15. The number of allylic oxidation sites excluding steroid dienone is 2. The number of aromatic nitrogens is 4. The minimum Gasteiger partial charge on any atom is -0.355 e. The van der Waals surface area contributed by atoms with Gasteiger partial charge in [-0.25, -0.2) is 9.97 Å². The molecule has 3 aromatic rings. The largest absolute Gasteiger partial charge is 0.355 e. The summed E-state index contributed by atoms with van der Waals surface area (Å²) < 4.78 is 0. The van der Waals surface area contributed by atoms with Gasteiger partial charge in [0, 0.05) is 27.6 Å². The van der Waals surface area contributed by atoms with Gasteiger partial charge in [0.15, 0.2) is 0 Å². The van der Waals surface area contributed by atoms with E-state index >= 15 is 0 Å². The molecule has 0 spiro atoms. The van der Waals surface area contributed by atoms with E-state index in [9.17, 15) is 4.79 Å². The predicted molar refractivity (Wildman–Crippen MR) is 126 cm³/mol. The minimum absolute atomic E-state index is 0.0149. The molecule has 4 aliphatic heterocycles. The van der Waals surface area contributed by atoms with Gasteiger partial charge in [0.2, 0.25) is 5.12 Å². The number of fused-ring (bicyclic) bond motifs is 9. The van der Waals surface area contributed by atoms with Crippen molar-refractivity contribution in [3.05, 3.63) is 83.5 Å². The first-order chi connectivity index (χ1) is 15.2. The second kappa shape index (κ2) is 6.18. The third-order valence-electron chi connectivity index (χ3n) is 5.99. The van der Waals surface area contributed by atoms with E-state index in [-0.39, 0.29) is 16.3 Å². The molecule has 0 saturated carbocycles. The topological polar surface area (TPSA) is 74.4 Å². The fourth-order valence-corrected chi connectivity index (χ4v) is 5.76. The van der Waals surface area contributed by atoms with Gasteiger partial charge in [0.05, 0.1) is 33.9 Å². The Labute approximate surface area is 181 Å². The second-order valence-corrected chi connectivity index (χ2v) is 9.19. The Morgan fingerprint density at radius 3 is 2.10 bits per heavy atom. The van der Waals surface area contributed by atoms with Gasteiger partial charge in [-0.1, -0.05) is 23.9 Å². The van der Waals surface area contributed by atoms with E-state index in [1.165, 1.54) is 11.8 Å². The van der Waals surface area contributed by atoms with Crippen molar-refractivity contribution >= 4 is 62.2 Å². The van der Waals surface area contributed by atoms with Crippen LogP contribution >= 0.6 is 11.8 Å². The van der Waals surface area contributed by atoms with E-state index in [4.69, 9.17) is 9.97 Å². The highest BCUT2D eigenvalue weighted by atomic mass is 32.2. The summed E-state index contributed by atoms with van der Waals surface area (Å²) in [5.41, 5.74) is 9.69. The van der Waals surface area contributed by atoms with Gasteiger partial charge in [0.1, 0.15) is 0 Å². The highest BCUT2D eigenvalue weighted by Crippen LogP contribution is 2.51. The molecule has 2 N–H and O–H groups in total. The summed E-state index contributed by atoms with van der Waals surface area (Å²) >= 11 is 1.40. The SMILES string of the molecule is O=C1SC2C=CC1C1=C2c2cc3nc(cc4ccc(cc5ccc(cc1n2)[nH]5)[nH]4)C=C3. The van der Waals surface area contributed by atoms with Crippen molar-refractivity contribution < 1.29 is 4.79 Å². The van der Waals surface area contributed by atoms with Crippen LogP contribution in [-0.4, -0.2) is 30.3 Å². The number of carbonyl (C=O) groups is 1. The lowest BCUT2D eigenvalue weighted by molar-refractivity contribution is -0.112. The molecule has 6 heteroatoms. The highest BCUT2D eigenvalue weighted by Gasteiger charge is 2.42. The lowest BCUT2D eigenvalue weighted by Gasteiger charge is -2.30. The van der Waals surface area contributed by atoms with Gasteiger partial charge in [-0.2, -0.15) is 0 Å². The lowest BCUT2D eigenvalue weighted by Crippen LogP contribution is -2.26. The van der Waals surface area contributed by atoms with Crippen LogP contribution in [0.1, 0.15) is 22.8 Å². The summed E-state index contributed by atoms with van der Waals surface area (Å²) in [4.78, 5) is 29.2. The van der Waals surface area contributed by atoms with Crippen molar-refractivity contribution in [3.63, 3.8) is 0 Å². The molecule has 0 radical (unpaired) electrons. The maximum atomic E-state index is 12.6. The van der Waals surface area contributed by atoms with Gasteiger partial charge < -0.3 is 9.97 Å². The zero-order chi connectivity index (χ0) is 20.5. The minimum atomic E-state index is -0.234. The van der Waals surface area contributed by atoms with Crippen molar-refractivity contribution in [3.8, 4) is 0 Å². The summed E-state index contributed by atoms with van der Waals surface area (Å²) in [7, 11) is 0. The molecule has 5 nitrogen and oxygen atoms in total. The lowest BCUT2D eigenvalue weighted by atomic mass is 9.86. The molecule has 10 bridgehead atoms.